The third-order valence-corrected chi connectivity index (χ3v) is 2.40. The Morgan fingerprint density at radius 1 is 1.14 bits per heavy atom. The van der Waals surface area contributed by atoms with E-state index in [0.29, 0.717) is 5.52 Å². The van der Waals surface area contributed by atoms with Gasteiger partial charge in [-0.1, -0.05) is 0 Å². The first-order valence-corrected chi connectivity index (χ1v) is 5.60. The highest BCUT2D eigenvalue weighted by molar-refractivity contribution is 7.90. The average molecular weight is 210 g/mol. The summed E-state index contributed by atoms with van der Waals surface area (Å²) in [6.07, 6.45) is 5.32. The number of hydrogen-bond acceptors (Lipinski definition) is 6. The molecule has 2 aromatic heterocycles. The van der Waals surface area contributed by atoms with Gasteiger partial charge in [0.15, 0.2) is 5.65 Å². The summed E-state index contributed by atoms with van der Waals surface area (Å²) in [6, 6.07) is 0. The summed E-state index contributed by atoms with van der Waals surface area (Å²) in [6.45, 7) is 0. The minimum Gasteiger partial charge on any atom is -0.250 e. The molecule has 0 bridgehead atoms. The summed E-state index contributed by atoms with van der Waals surface area (Å²) in [5.41, 5.74) is 0.753. The van der Waals surface area contributed by atoms with Crippen molar-refractivity contribution in [1.29, 1.82) is 0 Å². The van der Waals surface area contributed by atoms with E-state index in [9.17, 15) is 8.42 Å². The van der Waals surface area contributed by atoms with Crippen LogP contribution in [0.1, 0.15) is 0 Å². The molecule has 0 aliphatic heterocycles. The lowest BCUT2D eigenvalue weighted by atomic mass is 10.5. The molecule has 2 aromatic rings. The maximum atomic E-state index is 11.1. The third kappa shape index (κ3) is 1.53. The second-order valence-electron chi connectivity index (χ2n) is 2.69. The van der Waals surface area contributed by atoms with Crippen LogP contribution >= 0.6 is 0 Å². The Morgan fingerprint density at radius 2 is 1.86 bits per heavy atom. The van der Waals surface area contributed by atoms with Crippen molar-refractivity contribution in [3.63, 3.8) is 0 Å². The van der Waals surface area contributed by atoms with Gasteiger partial charge in [0.05, 0.1) is 6.20 Å². The molecular weight excluding hydrogens is 204 g/mol. The van der Waals surface area contributed by atoms with Gasteiger partial charge in [-0.05, 0) is 0 Å². The number of nitrogens with zero attached hydrogens (tertiary/aromatic N) is 4. The summed E-state index contributed by atoms with van der Waals surface area (Å²) in [5.74, 6) is 0. The number of sulfone groups is 1. The van der Waals surface area contributed by atoms with Crippen molar-refractivity contribution >= 4 is 21.0 Å². The Balaban J connectivity index is 2.75. The van der Waals surface area contributed by atoms with Crippen LogP contribution in [-0.4, -0.2) is 34.6 Å². The zero-order chi connectivity index (χ0) is 10.2. The summed E-state index contributed by atoms with van der Waals surface area (Å²) in [4.78, 5) is 15.2. The molecule has 7 heteroatoms. The van der Waals surface area contributed by atoms with Crippen molar-refractivity contribution in [2.45, 2.75) is 5.16 Å². The molecule has 72 valence electrons. The van der Waals surface area contributed by atoms with Crippen LogP contribution in [0.4, 0.5) is 0 Å². The zero-order valence-corrected chi connectivity index (χ0v) is 8.06. The molecule has 6 nitrogen and oxygen atoms in total. The fraction of sp³-hybridized carbons (Fsp3) is 0.143. The van der Waals surface area contributed by atoms with E-state index in [4.69, 9.17) is 0 Å². The van der Waals surface area contributed by atoms with Gasteiger partial charge in [-0.2, -0.15) is 4.98 Å². The lowest BCUT2D eigenvalue weighted by Crippen LogP contribution is -2.04. The molecule has 0 saturated heterocycles. The molecule has 0 radical (unpaired) electrons. The number of fused-ring (bicyclic) bond motifs is 1. The van der Waals surface area contributed by atoms with Gasteiger partial charge < -0.3 is 0 Å². The van der Waals surface area contributed by atoms with Gasteiger partial charge in [0.2, 0.25) is 15.0 Å². The van der Waals surface area contributed by atoms with E-state index < -0.39 is 9.84 Å². The topological polar surface area (TPSA) is 85.7 Å². The number of aromatic nitrogens is 4. The Labute approximate surface area is 80.0 Å². The first-order valence-electron chi connectivity index (χ1n) is 3.71. The predicted octanol–water partition coefficient (Wildman–Crippen LogP) is -0.177. The third-order valence-electron chi connectivity index (χ3n) is 1.54. The quantitative estimate of drug-likeness (QED) is 0.607. The maximum absolute atomic E-state index is 11.1. The normalized spacial score (nSPS) is 11.8. The minimum absolute atomic E-state index is 0.231. The Bertz CT molecular complexity index is 581. The molecule has 0 aromatic carbocycles. The number of rotatable bonds is 1. The molecule has 2 heterocycles. The van der Waals surface area contributed by atoms with Gasteiger partial charge in [-0.25, -0.2) is 23.4 Å². The number of hydrogen-bond donors (Lipinski definition) is 0. The Morgan fingerprint density at radius 3 is 2.57 bits per heavy atom. The highest BCUT2D eigenvalue weighted by atomic mass is 32.2. The second-order valence-corrected chi connectivity index (χ2v) is 4.60. The van der Waals surface area contributed by atoms with Crippen LogP contribution in [0, 0.1) is 0 Å². The monoisotopic (exact) mass is 210 g/mol. The average Bonchev–Trinajstić information content (AvgIpc) is 2.16. The standard InChI is InChI=1S/C7H6N4O2S/c1-14(12,13)7-10-4-5-6(11-7)9-3-2-8-5/h2-4H,1H3. The van der Waals surface area contributed by atoms with E-state index >= 15 is 0 Å². The van der Waals surface area contributed by atoms with Gasteiger partial charge in [-0.15, -0.1) is 0 Å². The van der Waals surface area contributed by atoms with Crippen LogP contribution < -0.4 is 0 Å². The summed E-state index contributed by atoms with van der Waals surface area (Å²) in [7, 11) is -3.38. The first-order chi connectivity index (χ1) is 6.57. The SMILES string of the molecule is CS(=O)(=O)c1ncc2nccnc2n1. The molecule has 0 saturated carbocycles. The van der Waals surface area contributed by atoms with E-state index in [1.165, 1.54) is 18.6 Å². The van der Waals surface area contributed by atoms with Gasteiger partial charge in [0.1, 0.15) is 5.52 Å². The minimum atomic E-state index is -3.38. The smallest absolute Gasteiger partial charge is 0.248 e. The second kappa shape index (κ2) is 2.95. The molecule has 0 amide bonds. The van der Waals surface area contributed by atoms with Gasteiger partial charge >= 0.3 is 0 Å². The molecule has 0 spiro atoms. The molecule has 0 aliphatic carbocycles. The van der Waals surface area contributed by atoms with Gasteiger partial charge in [-0.3, -0.25) is 0 Å². The summed E-state index contributed by atoms with van der Waals surface area (Å²) < 4.78 is 22.2. The van der Waals surface area contributed by atoms with Crippen molar-refractivity contribution < 1.29 is 8.42 Å². The molecule has 0 N–H and O–H groups in total. The summed E-state index contributed by atoms with van der Waals surface area (Å²) >= 11 is 0. The van der Waals surface area contributed by atoms with Gasteiger partial charge in [0, 0.05) is 18.6 Å². The Hall–Kier alpha value is -1.63. The van der Waals surface area contributed by atoms with Crippen LogP contribution in [-0.2, 0) is 9.84 Å². The Kier molecular flexibility index (Phi) is 1.88. The lowest BCUT2D eigenvalue weighted by Gasteiger charge is -1.97. The molecule has 2 rings (SSSR count). The lowest BCUT2D eigenvalue weighted by molar-refractivity contribution is 0.593. The van der Waals surface area contributed by atoms with Gasteiger partial charge in [0.25, 0.3) is 0 Å². The van der Waals surface area contributed by atoms with Crippen LogP contribution in [0.2, 0.25) is 0 Å². The predicted molar refractivity (Wildman–Crippen MR) is 48.2 cm³/mol. The van der Waals surface area contributed by atoms with Crippen molar-refractivity contribution in [2.75, 3.05) is 6.26 Å². The van der Waals surface area contributed by atoms with Crippen molar-refractivity contribution in [1.82, 2.24) is 19.9 Å². The first kappa shape index (κ1) is 8.95. The van der Waals surface area contributed by atoms with Crippen LogP contribution in [0.5, 0.6) is 0 Å². The molecular formula is C7H6N4O2S. The molecule has 0 unspecified atom stereocenters. The summed E-state index contributed by atoms with van der Waals surface area (Å²) in [5, 5.41) is -0.231. The zero-order valence-electron chi connectivity index (χ0n) is 7.25. The van der Waals surface area contributed by atoms with Crippen molar-refractivity contribution in [3.05, 3.63) is 18.6 Å². The molecule has 0 atom stereocenters. The van der Waals surface area contributed by atoms with Crippen LogP contribution in [0.3, 0.4) is 0 Å². The fourth-order valence-corrected chi connectivity index (χ4v) is 1.43. The molecule has 0 aliphatic rings. The molecule has 0 fully saturated rings. The van der Waals surface area contributed by atoms with Crippen LogP contribution in [0.25, 0.3) is 11.2 Å². The van der Waals surface area contributed by atoms with E-state index in [1.807, 2.05) is 0 Å². The van der Waals surface area contributed by atoms with Crippen molar-refractivity contribution in [2.24, 2.45) is 0 Å². The van der Waals surface area contributed by atoms with Crippen molar-refractivity contribution in [3.8, 4) is 0 Å². The largest absolute Gasteiger partial charge is 0.250 e. The van der Waals surface area contributed by atoms with E-state index in [0.717, 1.165) is 6.26 Å². The highest BCUT2D eigenvalue weighted by Gasteiger charge is 2.11. The van der Waals surface area contributed by atoms with E-state index in [1.54, 1.807) is 0 Å². The maximum Gasteiger partial charge on any atom is 0.248 e. The fourth-order valence-electron chi connectivity index (χ4n) is 0.933. The molecule has 14 heavy (non-hydrogen) atoms. The highest BCUT2D eigenvalue weighted by Crippen LogP contribution is 2.06. The van der Waals surface area contributed by atoms with E-state index in [2.05, 4.69) is 19.9 Å². The van der Waals surface area contributed by atoms with Crippen LogP contribution in [0.15, 0.2) is 23.7 Å². The van der Waals surface area contributed by atoms with E-state index in [-0.39, 0.29) is 10.8 Å².